The molecule has 0 unspecified atom stereocenters. The van der Waals surface area contributed by atoms with Crippen LogP contribution < -0.4 is 0 Å². The Kier molecular flexibility index (Phi) is 3.14. The van der Waals surface area contributed by atoms with Gasteiger partial charge in [-0.3, -0.25) is 0 Å². The van der Waals surface area contributed by atoms with E-state index in [9.17, 15) is 0 Å². The van der Waals surface area contributed by atoms with E-state index in [0.717, 1.165) is 11.8 Å². The first-order valence-corrected chi connectivity index (χ1v) is 4.59. The molecule has 0 radical (unpaired) electrons. The molecule has 0 amide bonds. The van der Waals surface area contributed by atoms with E-state index in [1.54, 1.807) is 0 Å². The van der Waals surface area contributed by atoms with Crippen LogP contribution in [0.2, 0.25) is 0 Å². The molecule has 0 aromatic rings. The van der Waals surface area contributed by atoms with Crippen molar-refractivity contribution in [2.45, 2.75) is 38.9 Å². The van der Waals surface area contributed by atoms with Gasteiger partial charge in [0.05, 0.1) is 12.2 Å². The van der Waals surface area contributed by atoms with Gasteiger partial charge < -0.3 is 14.9 Å². The maximum atomic E-state index is 8.56. The second kappa shape index (κ2) is 3.96. The monoisotopic (exact) mass is 188 g/mol. The summed E-state index contributed by atoms with van der Waals surface area (Å²) in [4.78, 5) is 8.56. The molecule has 2 rings (SSSR count). The summed E-state index contributed by atoms with van der Waals surface area (Å²) in [6, 6.07) is 0. The molecule has 4 heteroatoms. The third-order valence-electron chi connectivity index (χ3n) is 3.09. The summed E-state index contributed by atoms with van der Waals surface area (Å²) in [7, 11) is 0. The van der Waals surface area contributed by atoms with Crippen molar-refractivity contribution in [3.05, 3.63) is 0 Å². The molecule has 2 aliphatic heterocycles. The molecular formula is C9H16O4. The van der Waals surface area contributed by atoms with Crippen LogP contribution in [0.5, 0.6) is 0 Å². The van der Waals surface area contributed by atoms with Crippen LogP contribution in [0, 0.1) is 11.8 Å². The zero-order valence-electron chi connectivity index (χ0n) is 7.93. The van der Waals surface area contributed by atoms with Crippen LogP contribution in [0.1, 0.15) is 26.7 Å². The molecule has 2 N–H and O–H groups in total. The second-order valence-corrected chi connectivity index (χ2v) is 3.79. The molecular weight excluding hydrogens is 172 g/mol. The van der Waals surface area contributed by atoms with Crippen LogP contribution in [0.25, 0.3) is 0 Å². The fourth-order valence-electron chi connectivity index (χ4n) is 2.14. The van der Waals surface area contributed by atoms with E-state index in [1.807, 2.05) is 0 Å². The van der Waals surface area contributed by atoms with E-state index < -0.39 is 6.16 Å². The minimum absolute atomic E-state index is 0.616. The van der Waals surface area contributed by atoms with Gasteiger partial charge in [-0.2, -0.15) is 0 Å². The van der Waals surface area contributed by atoms with Crippen molar-refractivity contribution in [3.63, 3.8) is 0 Å². The highest BCUT2D eigenvalue weighted by Gasteiger charge is 2.43. The first-order valence-electron chi connectivity index (χ1n) is 4.59. The van der Waals surface area contributed by atoms with Crippen LogP contribution in [-0.2, 0) is 4.74 Å². The minimum atomic E-state index is -1.83. The zero-order valence-corrected chi connectivity index (χ0v) is 7.93. The Morgan fingerprint density at radius 3 is 1.62 bits per heavy atom. The van der Waals surface area contributed by atoms with Gasteiger partial charge in [0, 0.05) is 0 Å². The molecule has 0 aromatic carbocycles. The van der Waals surface area contributed by atoms with E-state index in [-0.39, 0.29) is 0 Å². The number of hydrogen-bond acceptors (Lipinski definition) is 2. The van der Waals surface area contributed by atoms with Gasteiger partial charge >= 0.3 is 6.16 Å². The van der Waals surface area contributed by atoms with Gasteiger partial charge in [0.2, 0.25) is 0 Å². The Morgan fingerprint density at radius 1 is 1.15 bits per heavy atom. The van der Waals surface area contributed by atoms with Gasteiger partial charge in [0.1, 0.15) is 0 Å². The Morgan fingerprint density at radius 2 is 1.46 bits per heavy atom. The van der Waals surface area contributed by atoms with Crippen molar-refractivity contribution in [1.29, 1.82) is 0 Å². The van der Waals surface area contributed by atoms with E-state index in [4.69, 9.17) is 19.7 Å². The van der Waals surface area contributed by atoms with Crippen LogP contribution in [0.15, 0.2) is 0 Å². The van der Waals surface area contributed by atoms with Crippen LogP contribution in [0.4, 0.5) is 4.79 Å². The summed E-state index contributed by atoms with van der Waals surface area (Å²) in [5.41, 5.74) is 0. The fourth-order valence-corrected chi connectivity index (χ4v) is 2.14. The average Bonchev–Trinajstić information content (AvgIpc) is 2.55. The van der Waals surface area contributed by atoms with Gasteiger partial charge in [-0.05, 0) is 24.7 Å². The van der Waals surface area contributed by atoms with Gasteiger partial charge in [-0.25, -0.2) is 4.79 Å². The quantitative estimate of drug-likeness (QED) is 0.610. The predicted molar refractivity (Wildman–Crippen MR) is 46.9 cm³/mol. The molecule has 76 valence electrons. The van der Waals surface area contributed by atoms with Gasteiger partial charge in [0.25, 0.3) is 0 Å². The van der Waals surface area contributed by atoms with Crippen molar-refractivity contribution in [1.82, 2.24) is 0 Å². The Bertz CT molecular complexity index is 170. The zero-order chi connectivity index (χ0) is 10.0. The third kappa shape index (κ3) is 2.34. The molecule has 13 heavy (non-hydrogen) atoms. The molecule has 0 aromatic heterocycles. The maximum absolute atomic E-state index is 8.56. The standard InChI is InChI=1S/C8H14O.CH2O3/c1-5-6(2)8-4-3-7(5)9-8;2-1(3)4/h5-8H,3-4H2,1-2H3;(H2,2,3,4)/t5-,6+,7-,8+;. The summed E-state index contributed by atoms with van der Waals surface area (Å²) >= 11 is 0. The van der Waals surface area contributed by atoms with E-state index in [1.165, 1.54) is 12.8 Å². The lowest BCUT2D eigenvalue weighted by Gasteiger charge is -2.19. The highest BCUT2D eigenvalue weighted by Crippen LogP contribution is 2.42. The van der Waals surface area contributed by atoms with E-state index in [2.05, 4.69) is 13.8 Å². The minimum Gasteiger partial charge on any atom is -0.450 e. The second-order valence-electron chi connectivity index (χ2n) is 3.79. The molecule has 2 fully saturated rings. The van der Waals surface area contributed by atoms with E-state index in [0.29, 0.717) is 12.2 Å². The highest BCUT2D eigenvalue weighted by atomic mass is 16.6. The Balaban J connectivity index is 0.000000184. The molecule has 2 bridgehead atoms. The summed E-state index contributed by atoms with van der Waals surface area (Å²) in [6.45, 7) is 4.63. The van der Waals surface area contributed by atoms with Gasteiger partial charge in [-0.1, -0.05) is 13.8 Å². The van der Waals surface area contributed by atoms with Crippen molar-refractivity contribution in [2.75, 3.05) is 0 Å². The average molecular weight is 188 g/mol. The van der Waals surface area contributed by atoms with Crippen LogP contribution in [0.3, 0.4) is 0 Å². The van der Waals surface area contributed by atoms with Gasteiger partial charge in [0.15, 0.2) is 0 Å². The van der Waals surface area contributed by atoms with Crippen molar-refractivity contribution >= 4 is 6.16 Å². The fraction of sp³-hybridized carbons (Fsp3) is 0.889. The number of ether oxygens (including phenoxy) is 1. The van der Waals surface area contributed by atoms with Crippen molar-refractivity contribution in [2.24, 2.45) is 11.8 Å². The highest BCUT2D eigenvalue weighted by molar-refractivity contribution is 5.53. The number of carbonyl (C=O) groups is 1. The number of fused-ring (bicyclic) bond motifs is 2. The SMILES string of the molecule is C[C@@H]1[C@H](C)[C@@H]2CC[C@H]1O2.O=C(O)O. The normalized spacial score (nSPS) is 41.1. The molecule has 2 aliphatic rings. The lowest BCUT2D eigenvalue weighted by molar-refractivity contribution is 0.0897. The molecule has 4 nitrogen and oxygen atoms in total. The largest absolute Gasteiger partial charge is 0.503 e. The summed E-state index contributed by atoms with van der Waals surface area (Å²) in [5, 5.41) is 13.9. The molecule has 2 saturated heterocycles. The Labute approximate surface area is 77.5 Å². The maximum Gasteiger partial charge on any atom is 0.503 e. The van der Waals surface area contributed by atoms with E-state index >= 15 is 0 Å². The van der Waals surface area contributed by atoms with Crippen LogP contribution in [-0.4, -0.2) is 28.6 Å². The topological polar surface area (TPSA) is 66.8 Å². The molecule has 0 spiro atoms. The smallest absolute Gasteiger partial charge is 0.450 e. The van der Waals surface area contributed by atoms with Crippen molar-refractivity contribution < 1.29 is 19.7 Å². The first kappa shape index (κ1) is 10.3. The first-order chi connectivity index (χ1) is 6.02. The van der Waals surface area contributed by atoms with Crippen molar-refractivity contribution in [3.8, 4) is 0 Å². The lowest BCUT2D eigenvalue weighted by atomic mass is 9.82. The predicted octanol–water partition coefficient (Wildman–Crippen LogP) is 2.04. The lowest BCUT2D eigenvalue weighted by Crippen LogP contribution is -2.21. The van der Waals surface area contributed by atoms with Crippen LogP contribution >= 0.6 is 0 Å². The molecule has 0 aliphatic carbocycles. The Hall–Kier alpha value is -0.770. The number of carboxylic acid groups (broad SMARTS) is 2. The summed E-state index contributed by atoms with van der Waals surface area (Å²) in [5.74, 6) is 1.65. The molecule has 4 atom stereocenters. The van der Waals surface area contributed by atoms with Gasteiger partial charge in [-0.15, -0.1) is 0 Å². The third-order valence-corrected chi connectivity index (χ3v) is 3.09. The summed E-state index contributed by atoms with van der Waals surface area (Å²) in [6.07, 6.45) is 2.03. The number of hydrogen-bond donors (Lipinski definition) is 2. The number of rotatable bonds is 0. The molecule has 0 saturated carbocycles. The summed E-state index contributed by atoms with van der Waals surface area (Å²) < 4.78 is 5.70. The molecule has 2 heterocycles.